The molecule has 3 aliphatic heterocycles. The molecule has 2 amide bonds. The highest BCUT2D eigenvalue weighted by molar-refractivity contribution is 5.77. The molecule has 3 saturated heterocycles. The van der Waals surface area contributed by atoms with Gasteiger partial charge in [-0.25, -0.2) is 0 Å². The third kappa shape index (κ3) is 5.68. The zero-order valence-corrected chi connectivity index (χ0v) is 16.4. The van der Waals surface area contributed by atoms with Crippen molar-refractivity contribution in [3.05, 3.63) is 0 Å². The van der Waals surface area contributed by atoms with Crippen LogP contribution in [0.5, 0.6) is 0 Å². The van der Waals surface area contributed by atoms with Crippen molar-refractivity contribution in [2.24, 2.45) is 11.8 Å². The first-order valence-corrected chi connectivity index (χ1v) is 10.6. The minimum Gasteiger partial charge on any atom is -0.343 e. The lowest BCUT2D eigenvalue weighted by Gasteiger charge is -2.35. The summed E-state index contributed by atoms with van der Waals surface area (Å²) in [4.78, 5) is 31.3. The molecule has 148 valence electrons. The number of likely N-dealkylation sites (tertiary alicyclic amines) is 1. The van der Waals surface area contributed by atoms with Crippen LogP contribution in [0.3, 0.4) is 0 Å². The van der Waals surface area contributed by atoms with Gasteiger partial charge in [-0.15, -0.1) is 0 Å². The van der Waals surface area contributed by atoms with Gasteiger partial charge in [0.25, 0.3) is 0 Å². The van der Waals surface area contributed by atoms with E-state index in [4.69, 9.17) is 0 Å². The molecule has 0 spiro atoms. The Morgan fingerprint density at radius 3 is 2.08 bits per heavy atom. The number of carbonyl (C=O) groups is 2. The fraction of sp³-hybridized carbons (Fsp3) is 0.900. The first kappa shape index (κ1) is 19.6. The van der Waals surface area contributed by atoms with Crippen molar-refractivity contribution in [3.8, 4) is 0 Å². The molecule has 0 aromatic carbocycles. The van der Waals surface area contributed by atoms with E-state index < -0.39 is 0 Å². The molecule has 3 rings (SSSR count). The highest BCUT2D eigenvalue weighted by Gasteiger charge is 2.27. The molecule has 3 heterocycles. The normalized spacial score (nSPS) is 24.0. The molecule has 0 unspecified atom stereocenters. The first-order valence-electron chi connectivity index (χ1n) is 10.6. The molecule has 0 aromatic rings. The second kappa shape index (κ2) is 9.70. The van der Waals surface area contributed by atoms with E-state index in [1.54, 1.807) is 0 Å². The maximum Gasteiger partial charge on any atom is 0.222 e. The molecule has 6 heteroatoms. The van der Waals surface area contributed by atoms with Crippen molar-refractivity contribution in [1.82, 2.24) is 20.0 Å². The fourth-order valence-corrected chi connectivity index (χ4v) is 4.47. The Morgan fingerprint density at radius 1 is 0.808 bits per heavy atom. The molecule has 0 aliphatic carbocycles. The minimum atomic E-state index is 0.314. The number of nitrogens with zero attached hydrogens (tertiary/aromatic N) is 3. The zero-order chi connectivity index (χ0) is 18.4. The first-order chi connectivity index (χ1) is 12.6. The van der Waals surface area contributed by atoms with Crippen LogP contribution in [0.25, 0.3) is 0 Å². The molecule has 3 fully saturated rings. The Morgan fingerprint density at radius 2 is 1.42 bits per heavy atom. The molecule has 0 atom stereocenters. The predicted molar refractivity (Wildman–Crippen MR) is 103 cm³/mol. The van der Waals surface area contributed by atoms with Gasteiger partial charge in [-0.3, -0.25) is 9.59 Å². The average molecular weight is 365 g/mol. The SMILES string of the molecule is CN1CCN(C(=O)CC2CCN(C(=O)CCC3CCNCC3)CC2)CC1. The van der Waals surface area contributed by atoms with E-state index in [2.05, 4.69) is 17.3 Å². The van der Waals surface area contributed by atoms with Crippen molar-refractivity contribution >= 4 is 11.8 Å². The molecule has 0 aromatic heterocycles. The minimum absolute atomic E-state index is 0.314. The average Bonchev–Trinajstić information content (AvgIpc) is 2.68. The van der Waals surface area contributed by atoms with Crippen molar-refractivity contribution in [2.45, 2.75) is 44.9 Å². The molecule has 6 nitrogen and oxygen atoms in total. The summed E-state index contributed by atoms with van der Waals surface area (Å²) in [6.45, 7) is 7.58. The molecule has 3 aliphatic rings. The lowest BCUT2D eigenvalue weighted by molar-refractivity contribution is -0.135. The quantitative estimate of drug-likeness (QED) is 0.796. The van der Waals surface area contributed by atoms with Gasteiger partial charge in [-0.05, 0) is 64.1 Å². The predicted octanol–water partition coefficient (Wildman–Crippen LogP) is 1.17. The summed E-state index contributed by atoms with van der Waals surface area (Å²) >= 11 is 0. The summed E-state index contributed by atoms with van der Waals surface area (Å²) in [5.74, 6) is 1.82. The summed E-state index contributed by atoms with van der Waals surface area (Å²) in [7, 11) is 2.11. The molecular formula is C20H36N4O2. The van der Waals surface area contributed by atoms with Crippen LogP contribution >= 0.6 is 0 Å². The van der Waals surface area contributed by atoms with Crippen LogP contribution in [0.1, 0.15) is 44.9 Å². The number of hydrogen-bond acceptors (Lipinski definition) is 4. The summed E-state index contributed by atoms with van der Waals surface area (Å²) in [5, 5.41) is 3.38. The Kier molecular flexibility index (Phi) is 7.32. The second-order valence-corrected chi connectivity index (χ2v) is 8.44. The van der Waals surface area contributed by atoms with Crippen LogP contribution in [0.2, 0.25) is 0 Å². The molecule has 0 saturated carbocycles. The van der Waals surface area contributed by atoms with Gasteiger partial charge >= 0.3 is 0 Å². The van der Waals surface area contributed by atoms with E-state index in [1.807, 2.05) is 9.80 Å². The van der Waals surface area contributed by atoms with E-state index in [9.17, 15) is 9.59 Å². The van der Waals surface area contributed by atoms with Gasteiger partial charge in [-0.2, -0.15) is 0 Å². The Labute approximate surface area is 158 Å². The smallest absolute Gasteiger partial charge is 0.222 e. The van der Waals surface area contributed by atoms with E-state index in [0.29, 0.717) is 30.6 Å². The lowest BCUT2D eigenvalue weighted by atomic mass is 9.91. The van der Waals surface area contributed by atoms with Crippen LogP contribution in [0, 0.1) is 11.8 Å². The van der Waals surface area contributed by atoms with Crippen molar-refractivity contribution in [3.63, 3.8) is 0 Å². The topological polar surface area (TPSA) is 55.9 Å². The number of hydrogen-bond donors (Lipinski definition) is 1. The summed E-state index contributed by atoms with van der Waals surface area (Å²) in [6, 6.07) is 0. The third-order valence-electron chi connectivity index (χ3n) is 6.51. The number of carbonyl (C=O) groups excluding carboxylic acids is 2. The number of amides is 2. The van der Waals surface area contributed by atoms with E-state index >= 15 is 0 Å². The van der Waals surface area contributed by atoms with E-state index in [1.165, 1.54) is 12.8 Å². The molecule has 0 bridgehead atoms. The maximum absolute atomic E-state index is 12.5. The van der Waals surface area contributed by atoms with E-state index in [0.717, 1.165) is 77.5 Å². The van der Waals surface area contributed by atoms with Crippen molar-refractivity contribution < 1.29 is 9.59 Å². The van der Waals surface area contributed by atoms with Gasteiger partial charge in [0.15, 0.2) is 0 Å². The number of piperazine rings is 1. The van der Waals surface area contributed by atoms with Crippen LogP contribution in [-0.4, -0.2) is 85.9 Å². The Bertz CT molecular complexity index is 462. The van der Waals surface area contributed by atoms with Crippen molar-refractivity contribution in [1.29, 1.82) is 0 Å². The molecule has 1 N–H and O–H groups in total. The van der Waals surface area contributed by atoms with Gasteiger partial charge in [0, 0.05) is 52.1 Å². The summed E-state index contributed by atoms with van der Waals surface area (Å²) in [5.41, 5.74) is 0. The van der Waals surface area contributed by atoms with Gasteiger partial charge in [0.2, 0.25) is 11.8 Å². The van der Waals surface area contributed by atoms with Crippen LogP contribution < -0.4 is 5.32 Å². The number of piperidine rings is 2. The van der Waals surface area contributed by atoms with Crippen LogP contribution in [-0.2, 0) is 9.59 Å². The third-order valence-corrected chi connectivity index (χ3v) is 6.51. The fourth-order valence-electron chi connectivity index (χ4n) is 4.47. The van der Waals surface area contributed by atoms with Gasteiger partial charge < -0.3 is 20.0 Å². The van der Waals surface area contributed by atoms with Crippen LogP contribution in [0.4, 0.5) is 0 Å². The van der Waals surface area contributed by atoms with Crippen LogP contribution in [0.15, 0.2) is 0 Å². The van der Waals surface area contributed by atoms with Gasteiger partial charge in [0.05, 0.1) is 0 Å². The monoisotopic (exact) mass is 364 g/mol. The molecule has 26 heavy (non-hydrogen) atoms. The van der Waals surface area contributed by atoms with Gasteiger partial charge in [-0.1, -0.05) is 0 Å². The largest absolute Gasteiger partial charge is 0.343 e. The van der Waals surface area contributed by atoms with Gasteiger partial charge in [0.1, 0.15) is 0 Å². The number of nitrogens with one attached hydrogen (secondary N) is 1. The van der Waals surface area contributed by atoms with E-state index in [-0.39, 0.29) is 0 Å². The van der Waals surface area contributed by atoms with Crippen molar-refractivity contribution in [2.75, 3.05) is 59.4 Å². The molecular weight excluding hydrogens is 328 g/mol. The Balaban J connectivity index is 1.33. The Hall–Kier alpha value is -1.14. The highest BCUT2D eigenvalue weighted by atomic mass is 16.2. The highest BCUT2D eigenvalue weighted by Crippen LogP contribution is 2.24. The standard InChI is InChI=1S/C20H36N4O2/c1-22-12-14-24(15-13-22)20(26)16-18-6-10-23(11-7-18)19(25)3-2-17-4-8-21-9-5-17/h17-18,21H,2-16H2,1H3. The number of likely N-dealkylation sites (N-methyl/N-ethyl adjacent to an activating group) is 1. The molecule has 0 radical (unpaired) electrons. The summed E-state index contributed by atoms with van der Waals surface area (Å²) < 4.78 is 0. The zero-order valence-electron chi connectivity index (χ0n) is 16.4. The maximum atomic E-state index is 12.5. The lowest BCUT2D eigenvalue weighted by Crippen LogP contribution is -2.48. The second-order valence-electron chi connectivity index (χ2n) is 8.44. The number of rotatable bonds is 5. The summed E-state index contributed by atoms with van der Waals surface area (Å²) in [6.07, 6.45) is 6.81.